The molecule has 0 aromatic heterocycles. The van der Waals surface area contributed by atoms with Crippen molar-refractivity contribution in [3.05, 3.63) is 83.6 Å². The van der Waals surface area contributed by atoms with Crippen LogP contribution >= 0.6 is 0 Å². The van der Waals surface area contributed by atoms with E-state index in [1.54, 1.807) is 4.90 Å². The quantitative estimate of drug-likeness (QED) is 0.545. The van der Waals surface area contributed by atoms with Crippen molar-refractivity contribution in [2.24, 2.45) is 5.92 Å². The van der Waals surface area contributed by atoms with Crippen molar-refractivity contribution in [3.8, 4) is 0 Å². The topological polar surface area (TPSA) is 84.9 Å². The standard InChI is InChI=1S/C24H26N2O5/c1-17(19-11-7-4-8-12-19)26-14-13-20(22(26)27)15-21(23(28)30-2)25-24(29)31-16-18-9-5-3-6-10-18/h3-12,15,17,20H,13-14,16H2,1-2H3,(H,25,29)/b21-15+. The summed E-state index contributed by atoms with van der Waals surface area (Å²) in [6, 6.07) is 18.9. The summed E-state index contributed by atoms with van der Waals surface area (Å²) < 4.78 is 9.93. The van der Waals surface area contributed by atoms with E-state index in [0.717, 1.165) is 11.1 Å². The molecule has 162 valence electrons. The lowest BCUT2D eigenvalue weighted by atomic mass is 10.1. The Balaban J connectivity index is 1.66. The molecule has 2 aromatic carbocycles. The first-order valence-corrected chi connectivity index (χ1v) is 10.1. The Bertz CT molecular complexity index is 943. The molecule has 0 spiro atoms. The zero-order valence-electron chi connectivity index (χ0n) is 17.6. The van der Waals surface area contributed by atoms with Crippen molar-refractivity contribution >= 4 is 18.0 Å². The SMILES string of the molecule is COC(=O)/C(=C\C1CCN(C(C)c2ccccc2)C1=O)NC(=O)OCc1ccccc1. The van der Waals surface area contributed by atoms with E-state index in [9.17, 15) is 14.4 Å². The molecule has 2 unspecified atom stereocenters. The summed E-state index contributed by atoms with van der Waals surface area (Å²) in [6.07, 6.45) is 1.20. The average Bonchev–Trinajstić information content (AvgIpc) is 3.17. The first-order chi connectivity index (χ1) is 15.0. The number of alkyl carbamates (subject to hydrolysis) is 1. The van der Waals surface area contributed by atoms with Crippen LogP contribution in [0.5, 0.6) is 0 Å². The molecule has 1 fully saturated rings. The van der Waals surface area contributed by atoms with Crippen LogP contribution in [-0.4, -0.2) is 36.5 Å². The number of amides is 2. The van der Waals surface area contributed by atoms with Crippen molar-refractivity contribution < 1.29 is 23.9 Å². The number of likely N-dealkylation sites (tertiary alicyclic amines) is 1. The summed E-state index contributed by atoms with van der Waals surface area (Å²) in [4.78, 5) is 39.1. The number of carbonyl (C=O) groups excluding carboxylic acids is 3. The molecule has 0 saturated carbocycles. The number of nitrogens with one attached hydrogen (secondary N) is 1. The van der Waals surface area contributed by atoms with Gasteiger partial charge in [-0.15, -0.1) is 0 Å². The highest BCUT2D eigenvalue weighted by Gasteiger charge is 2.34. The smallest absolute Gasteiger partial charge is 0.412 e. The molecule has 31 heavy (non-hydrogen) atoms. The van der Waals surface area contributed by atoms with Gasteiger partial charge in [-0.25, -0.2) is 9.59 Å². The molecule has 1 N–H and O–H groups in total. The maximum absolute atomic E-state index is 12.9. The van der Waals surface area contributed by atoms with Gasteiger partial charge in [-0.2, -0.15) is 0 Å². The molecule has 1 aliphatic rings. The zero-order chi connectivity index (χ0) is 22.2. The molecule has 2 amide bonds. The molecule has 1 saturated heterocycles. The highest BCUT2D eigenvalue weighted by atomic mass is 16.6. The molecule has 1 heterocycles. The number of esters is 1. The Morgan fingerprint density at radius 3 is 2.42 bits per heavy atom. The van der Waals surface area contributed by atoms with Crippen LogP contribution in [0.2, 0.25) is 0 Å². The van der Waals surface area contributed by atoms with Crippen LogP contribution in [0.25, 0.3) is 0 Å². The van der Waals surface area contributed by atoms with Crippen molar-refractivity contribution in [3.63, 3.8) is 0 Å². The van der Waals surface area contributed by atoms with E-state index in [4.69, 9.17) is 9.47 Å². The van der Waals surface area contributed by atoms with Gasteiger partial charge in [0.05, 0.1) is 19.1 Å². The van der Waals surface area contributed by atoms with Gasteiger partial charge in [0.1, 0.15) is 12.3 Å². The predicted octanol–water partition coefficient (Wildman–Crippen LogP) is 3.58. The van der Waals surface area contributed by atoms with Crippen LogP contribution in [0.4, 0.5) is 4.79 Å². The lowest BCUT2D eigenvalue weighted by Crippen LogP contribution is -2.32. The van der Waals surface area contributed by atoms with Crippen LogP contribution in [0.3, 0.4) is 0 Å². The maximum Gasteiger partial charge on any atom is 0.412 e. The fraction of sp³-hybridized carbons (Fsp3) is 0.292. The Morgan fingerprint density at radius 2 is 1.77 bits per heavy atom. The molecule has 7 heteroatoms. The molecule has 0 radical (unpaired) electrons. The van der Waals surface area contributed by atoms with Crippen LogP contribution in [0.1, 0.15) is 30.5 Å². The number of methoxy groups -OCH3 is 1. The van der Waals surface area contributed by atoms with E-state index < -0.39 is 18.0 Å². The van der Waals surface area contributed by atoms with Crippen molar-refractivity contribution in [2.45, 2.75) is 26.0 Å². The predicted molar refractivity (Wildman–Crippen MR) is 115 cm³/mol. The van der Waals surface area contributed by atoms with E-state index in [1.807, 2.05) is 67.6 Å². The van der Waals surface area contributed by atoms with Crippen LogP contribution in [0, 0.1) is 5.92 Å². The molecule has 0 bridgehead atoms. The first kappa shape index (κ1) is 22.1. The minimum absolute atomic E-state index is 0.0614. The number of rotatable bonds is 7. The normalized spacial score (nSPS) is 17.2. The monoisotopic (exact) mass is 422 g/mol. The number of ether oxygens (including phenoxy) is 2. The van der Waals surface area contributed by atoms with Gasteiger partial charge in [0.2, 0.25) is 5.91 Å². The number of carbonyl (C=O) groups is 3. The third-order valence-electron chi connectivity index (χ3n) is 5.25. The third-order valence-corrected chi connectivity index (χ3v) is 5.25. The van der Waals surface area contributed by atoms with E-state index in [-0.39, 0.29) is 24.3 Å². The minimum Gasteiger partial charge on any atom is -0.464 e. The minimum atomic E-state index is -0.791. The highest BCUT2D eigenvalue weighted by Crippen LogP contribution is 2.29. The highest BCUT2D eigenvalue weighted by molar-refractivity contribution is 5.93. The van der Waals surface area contributed by atoms with Crippen LogP contribution < -0.4 is 5.32 Å². The Morgan fingerprint density at radius 1 is 1.13 bits per heavy atom. The molecular weight excluding hydrogens is 396 g/mol. The fourth-order valence-electron chi connectivity index (χ4n) is 3.52. The number of nitrogens with zero attached hydrogens (tertiary/aromatic N) is 1. The molecular formula is C24H26N2O5. The molecule has 1 aliphatic heterocycles. The van der Waals surface area contributed by atoms with E-state index in [1.165, 1.54) is 13.2 Å². The van der Waals surface area contributed by atoms with Gasteiger partial charge >= 0.3 is 12.1 Å². The molecule has 2 atom stereocenters. The van der Waals surface area contributed by atoms with Crippen molar-refractivity contribution in [1.29, 1.82) is 0 Å². The maximum atomic E-state index is 12.9. The van der Waals surface area contributed by atoms with E-state index in [0.29, 0.717) is 13.0 Å². The second-order valence-corrected chi connectivity index (χ2v) is 7.27. The number of hydrogen-bond donors (Lipinski definition) is 1. The Hall–Kier alpha value is -3.61. The molecule has 0 aliphatic carbocycles. The third kappa shape index (κ3) is 5.72. The Kier molecular flexibility index (Phi) is 7.43. The van der Waals surface area contributed by atoms with Gasteiger partial charge in [-0.1, -0.05) is 60.7 Å². The largest absolute Gasteiger partial charge is 0.464 e. The van der Waals surface area contributed by atoms with Crippen molar-refractivity contribution in [2.75, 3.05) is 13.7 Å². The second-order valence-electron chi connectivity index (χ2n) is 7.27. The summed E-state index contributed by atoms with van der Waals surface area (Å²) >= 11 is 0. The van der Waals surface area contributed by atoms with Crippen LogP contribution in [-0.2, 0) is 25.7 Å². The van der Waals surface area contributed by atoms with Gasteiger partial charge < -0.3 is 14.4 Å². The van der Waals surface area contributed by atoms with Gasteiger partial charge in [-0.3, -0.25) is 10.1 Å². The lowest BCUT2D eigenvalue weighted by molar-refractivity contribution is -0.136. The summed E-state index contributed by atoms with van der Waals surface area (Å²) in [5.74, 6) is -1.37. The second kappa shape index (κ2) is 10.4. The molecule has 3 rings (SSSR count). The van der Waals surface area contributed by atoms with E-state index in [2.05, 4.69) is 5.32 Å². The van der Waals surface area contributed by atoms with Gasteiger partial charge in [0.15, 0.2) is 0 Å². The summed E-state index contributed by atoms with van der Waals surface area (Å²) in [6.45, 7) is 2.59. The van der Waals surface area contributed by atoms with Gasteiger partial charge in [0.25, 0.3) is 0 Å². The zero-order valence-corrected chi connectivity index (χ0v) is 17.6. The fourth-order valence-corrected chi connectivity index (χ4v) is 3.52. The van der Waals surface area contributed by atoms with Crippen LogP contribution in [0.15, 0.2) is 72.4 Å². The number of benzene rings is 2. The summed E-state index contributed by atoms with van der Waals surface area (Å²) in [7, 11) is 1.22. The van der Waals surface area contributed by atoms with Crippen molar-refractivity contribution in [1.82, 2.24) is 10.2 Å². The average molecular weight is 422 g/mol. The van der Waals surface area contributed by atoms with E-state index >= 15 is 0 Å². The van der Waals surface area contributed by atoms with Gasteiger partial charge in [-0.05, 0) is 30.5 Å². The first-order valence-electron chi connectivity index (χ1n) is 10.1. The number of hydrogen-bond acceptors (Lipinski definition) is 5. The Labute approximate surface area is 181 Å². The molecule has 2 aromatic rings. The summed E-state index contributed by atoms with van der Waals surface area (Å²) in [5.41, 5.74) is 1.75. The summed E-state index contributed by atoms with van der Waals surface area (Å²) in [5, 5.41) is 2.42. The molecule has 7 nitrogen and oxygen atoms in total. The lowest BCUT2D eigenvalue weighted by Gasteiger charge is -2.25. The van der Waals surface area contributed by atoms with Gasteiger partial charge in [0, 0.05) is 6.54 Å².